The van der Waals surface area contributed by atoms with Crippen molar-refractivity contribution in [2.75, 3.05) is 6.61 Å². The highest BCUT2D eigenvalue weighted by Gasteiger charge is 2.28. The highest BCUT2D eigenvalue weighted by Crippen LogP contribution is 2.40. The van der Waals surface area contributed by atoms with Gasteiger partial charge in [-0.15, -0.1) is 0 Å². The SMILES string of the molecule is CCCCCC1CCC(C2CC=C(OCC)CC2)CC1. The zero-order chi connectivity index (χ0) is 14.2. The molecule has 0 saturated heterocycles. The highest BCUT2D eigenvalue weighted by atomic mass is 16.5. The summed E-state index contributed by atoms with van der Waals surface area (Å²) in [6, 6.07) is 0. The molecule has 2 aliphatic rings. The second kappa shape index (κ2) is 8.74. The molecule has 0 radical (unpaired) electrons. The van der Waals surface area contributed by atoms with Crippen molar-refractivity contribution >= 4 is 0 Å². The lowest BCUT2D eigenvalue weighted by molar-refractivity contribution is 0.159. The van der Waals surface area contributed by atoms with Crippen LogP contribution in [0.15, 0.2) is 11.8 Å². The molecule has 0 aromatic heterocycles. The summed E-state index contributed by atoms with van der Waals surface area (Å²) in [6.45, 7) is 5.23. The van der Waals surface area contributed by atoms with Gasteiger partial charge in [-0.05, 0) is 56.4 Å². The molecule has 0 spiro atoms. The first-order chi connectivity index (χ1) is 9.83. The van der Waals surface area contributed by atoms with Gasteiger partial charge in [0.2, 0.25) is 0 Å². The van der Waals surface area contributed by atoms with Gasteiger partial charge in [-0.25, -0.2) is 0 Å². The third kappa shape index (κ3) is 4.82. The molecule has 1 fully saturated rings. The van der Waals surface area contributed by atoms with Gasteiger partial charge in [0.05, 0.1) is 12.4 Å². The molecular formula is C19H34O. The number of unbranched alkanes of at least 4 members (excludes halogenated alkanes) is 2. The largest absolute Gasteiger partial charge is 0.499 e. The molecule has 0 amide bonds. The van der Waals surface area contributed by atoms with Crippen LogP contribution in [0.2, 0.25) is 0 Å². The van der Waals surface area contributed by atoms with E-state index in [2.05, 4.69) is 19.9 Å². The summed E-state index contributed by atoms with van der Waals surface area (Å²) in [5.74, 6) is 4.28. The van der Waals surface area contributed by atoms with Gasteiger partial charge in [0.15, 0.2) is 0 Å². The summed E-state index contributed by atoms with van der Waals surface area (Å²) in [4.78, 5) is 0. The van der Waals surface area contributed by atoms with Crippen molar-refractivity contribution in [3.8, 4) is 0 Å². The Kier molecular flexibility index (Phi) is 6.96. The van der Waals surface area contributed by atoms with Crippen molar-refractivity contribution in [2.24, 2.45) is 17.8 Å². The summed E-state index contributed by atoms with van der Waals surface area (Å²) in [7, 11) is 0. The van der Waals surface area contributed by atoms with Crippen LogP contribution < -0.4 is 0 Å². The number of allylic oxidation sites excluding steroid dienone is 2. The van der Waals surface area contributed by atoms with Gasteiger partial charge < -0.3 is 4.74 Å². The first-order valence-corrected chi connectivity index (χ1v) is 9.15. The average Bonchev–Trinajstić information content (AvgIpc) is 2.49. The molecule has 0 aliphatic heterocycles. The maximum absolute atomic E-state index is 5.65. The van der Waals surface area contributed by atoms with Crippen LogP contribution >= 0.6 is 0 Å². The van der Waals surface area contributed by atoms with Crippen molar-refractivity contribution in [1.82, 2.24) is 0 Å². The fraction of sp³-hybridized carbons (Fsp3) is 0.895. The van der Waals surface area contributed by atoms with E-state index in [1.165, 1.54) is 76.4 Å². The topological polar surface area (TPSA) is 9.23 Å². The molecule has 1 nitrogen and oxygen atoms in total. The number of rotatable bonds is 7. The summed E-state index contributed by atoms with van der Waals surface area (Å²) >= 11 is 0. The Labute approximate surface area is 126 Å². The van der Waals surface area contributed by atoms with Gasteiger partial charge >= 0.3 is 0 Å². The molecule has 0 aromatic rings. The number of hydrogen-bond acceptors (Lipinski definition) is 1. The van der Waals surface area contributed by atoms with Crippen molar-refractivity contribution in [2.45, 2.75) is 84.5 Å². The fourth-order valence-electron chi connectivity index (χ4n) is 4.21. The molecule has 1 atom stereocenters. The van der Waals surface area contributed by atoms with E-state index >= 15 is 0 Å². The molecule has 20 heavy (non-hydrogen) atoms. The zero-order valence-electron chi connectivity index (χ0n) is 13.7. The molecule has 2 aliphatic carbocycles. The first kappa shape index (κ1) is 15.9. The summed E-state index contributed by atoms with van der Waals surface area (Å²) < 4.78 is 5.65. The van der Waals surface area contributed by atoms with Crippen LogP contribution in [0.5, 0.6) is 0 Å². The van der Waals surface area contributed by atoms with Crippen LogP contribution in [0.3, 0.4) is 0 Å². The molecule has 1 unspecified atom stereocenters. The minimum absolute atomic E-state index is 0.833. The van der Waals surface area contributed by atoms with E-state index in [1.54, 1.807) is 0 Å². The van der Waals surface area contributed by atoms with Gasteiger partial charge in [-0.3, -0.25) is 0 Å². The van der Waals surface area contributed by atoms with Crippen molar-refractivity contribution in [3.63, 3.8) is 0 Å². The number of hydrogen-bond donors (Lipinski definition) is 0. The maximum Gasteiger partial charge on any atom is 0.0920 e. The third-order valence-corrected chi connectivity index (χ3v) is 5.51. The van der Waals surface area contributed by atoms with Gasteiger partial charge in [-0.2, -0.15) is 0 Å². The van der Waals surface area contributed by atoms with E-state index in [4.69, 9.17) is 4.74 Å². The molecule has 116 valence electrons. The van der Waals surface area contributed by atoms with Gasteiger partial charge in [0.1, 0.15) is 0 Å². The monoisotopic (exact) mass is 278 g/mol. The van der Waals surface area contributed by atoms with Crippen LogP contribution in [0.25, 0.3) is 0 Å². The molecule has 1 saturated carbocycles. The van der Waals surface area contributed by atoms with Crippen molar-refractivity contribution in [1.29, 1.82) is 0 Å². The third-order valence-electron chi connectivity index (χ3n) is 5.51. The van der Waals surface area contributed by atoms with E-state index in [0.717, 1.165) is 24.4 Å². The standard InChI is InChI=1S/C19H34O/c1-3-5-6-7-16-8-10-17(11-9-16)18-12-14-19(15-13-18)20-4-2/h14,16-18H,3-13,15H2,1-2H3. The van der Waals surface area contributed by atoms with Crippen LogP contribution in [0.4, 0.5) is 0 Å². The Morgan fingerprint density at radius 3 is 2.40 bits per heavy atom. The van der Waals surface area contributed by atoms with Gasteiger partial charge in [-0.1, -0.05) is 45.4 Å². The molecular weight excluding hydrogens is 244 g/mol. The van der Waals surface area contributed by atoms with Crippen molar-refractivity contribution < 1.29 is 4.74 Å². The van der Waals surface area contributed by atoms with Gasteiger partial charge in [0, 0.05) is 6.42 Å². The van der Waals surface area contributed by atoms with E-state index in [-0.39, 0.29) is 0 Å². The van der Waals surface area contributed by atoms with Crippen LogP contribution in [-0.4, -0.2) is 6.61 Å². The van der Waals surface area contributed by atoms with E-state index in [0.29, 0.717) is 0 Å². The van der Waals surface area contributed by atoms with E-state index in [9.17, 15) is 0 Å². The minimum Gasteiger partial charge on any atom is -0.499 e. The Hall–Kier alpha value is -0.460. The second-order valence-electron chi connectivity index (χ2n) is 6.91. The lowest BCUT2D eigenvalue weighted by Crippen LogP contribution is -2.23. The first-order valence-electron chi connectivity index (χ1n) is 9.15. The summed E-state index contributed by atoms with van der Waals surface area (Å²) in [6.07, 6.45) is 18.0. The maximum atomic E-state index is 5.65. The predicted molar refractivity (Wildman–Crippen MR) is 86.6 cm³/mol. The zero-order valence-corrected chi connectivity index (χ0v) is 13.7. The average molecular weight is 278 g/mol. The van der Waals surface area contributed by atoms with Gasteiger partial charge in [0.25, 0.3) is 0 Å². The Balaban J connectivity index is 1.67. The Morgan fingerprint density at radius 2 is 1.80 bits per heavy atom. The molecule has 1 heteroatoms. The van der Waals surface area contributed by atoms with Crippen LogP contribution in [0.1, 0.15) is 84.5 Å². The van der Waals surface area contributed by atoms with Crippen LogP contribution in [-0.2, 0) is 4.74 Å². The smallest absolute Gasteiger partial charge is 0.0920 e. The molecule has 2 rings (SSSR count). The lowest BCUT2D eigenvalue weighted by atomic mass is 9.71. The Bertz CT molecular complexity index is 286. The quantitative estimate of drug-likeness (QED) is 0.512. The predicted octanol–water partition coefficient (Wildman–Crippen LogP) is 6.09. The molecule has 0 bridgehead atoms. The molecule has 0 N–H and O–H groups in total. The normalized spacial score (nSPS) is 30.9. The number of ether oxygens (including phenoxy) is 1. The molecule has 0 heterocycles. The van der Waals surface area contributed by atoms with E-state index < -0.39 is 0 Å². The van der Waals surface area contributed by atoms with Crippen molar-refractivity contribution in [3.05, 3.63) is 11.8 Å². The minimum atomic E-state index is 0.833. The highest BCUT2D eigenvalue weighted by molar-refractivity contribution is 5.00. The Morgan fingerprint density at radius 1 is 1.00 bits per heavy atom. The lowest BCUT2D eigenvalue weighted by Gasteiger charge is -2.35. The second-order valence-corrected chi connectivity index (χ2v) is 6.91. The van der Waals surface area contributed by atoms with E-state index in [1.807, 2.05) is 0 Å². The summed E-state index contributed by atoms with van der Waals surface area (Å²) in [5.41, 5.74) is 0. The summed E-state index contributed by atoms with van der Waals surface area (Å²) in [5, 5.41) is 0. The fourth-order valence-corrected chi connectivity index (χ4v) is 4.21. The molecule has 0 aromatic carbocycles. The van der Waals surface area contributed by atoms with Crippen LogP contribution in [0, 0.1) is 17.8 Å².